The molecule has 1 aliphatic rings. The van der Waals surface area contributed by atoms with Gasteiger partial charge in [0.05, 0.1) is 12.0 Å². The van der Waals surface area contributed by atoms with Crippen LogP contribution in [0.2, 0.25) is 0 Å². The summed E-state index contributed by atoms with van der Waals surface area (Å²) in [5.74, 6) is 1.07. The van der Waals surface area contributed by atoms with E-state index in [0.29, 0.717) is 0 Å². The highest BCUT2D eigenvalue weighted by atomic mass is 15.2. The van der Waals surface area contributed by atoms with E-state index in [2.05, 4.69) is 27.9 Å². The third-order valence-electron chi connectivity index (χ3n) is 3.25. The molecular weight excluding hydrogens is 212 g/mol. The lowest BCUT2D eigenvalue weighted by Crippen LogP contribution is -2.29. The Morgan fingerprint density at radius 3 is 3.00 bits per heavy atom. The SMILES string of the molecule is CCN(CC(C)C#N)c1ncnc2c1CCC2. The second kappa shape index (κ2) is 5.13. The predicted octanol–water partition coefficient (Wildman–Crippen LogP) is 1.95. The van der Waals surface area contributed by atoms with Crippen LogP contribution < -0.4 is 4.90 Å². The molecule has 1 unspecified atom stereocenters. The molecule has 0 radical (unpaired) electrons. The van der Waals surface area contributed by atoms with Gasteiger partial charge in [0.1, 0.15) is 12.1 Å². The Labute approximate surface area is 102 Å². The first-order chi connectivity index (χ1) is 8.26. The van der Waals surface area contributed by atoms with Crippen LogP contribution in [0.3, 0.4) is 0 Å². The van der Waals surface area contributed by atoms with Crippen LogP contribution in [-0.4, -0.2) is 23.1 Å². The van der Waals surface area contributed by atoms with Crippen LogP contribution in [0.25, 0.3) is 0 Å². The molecule has 0 aromatic carbocycles. The Hall–Kier alpha value is -1.63. The van der Waals surface area contributed by atoms with Gasteiger partial charge >= 0.3 is 0 Å². The fourth-order valence-electron chi connectivity index (χ4n) is 2.35. The zero-order valence-corrected chi connectivity index (χ0v) is 10.5. The maximum Gasteiger partial charge on any atom is 0.135 e. The van der Waals surface area contributed by atoms with E-state index in [1.807, 2.05) is 6.92 Å². The summed E-state index contributed by atoms with van der Waals surface area (Å²) in [7, 11) is 0. The van der Waals surface area contributed by atoms with Crippen molar-refractivity contribution in [1.29, 1.82) is 5.26 Å². The Bertz CT molecular complexity index is 436. The van der Waals surface area contributed by atoms with Crippen molar-refractivity contribution in [2.75, 3.05) is 18.0 Å². The third-order valence-corrected chi connectivity index (χ3v) is 3.25. The highest BCUT2D eigenvalue weighted by Crippen LogP contribution is 2.28. The van der Waals surface area contributed by atoms with Gasteiger partial charge in [-0.15, -0.1) is 0 Å². The molecule has 0 spiro atoms. The molecule has 2 rings (SSSR count). The van der Waals surface area contributed by atoms with Crippen LogP contribution in [0, 0.1) is 17.2 Å². The molecule has 1 aromatic heterocycles. The Morgan fingerprint density at radius 2 is 2.29 bits per heavy atom. The third kappa shape index (κ3) is 2.38. The average molecular weight is 230 g/mol. The molecular formula is C13H18N4. The van der Waals surface area contributed by atoms with E-state index < -0.39 is 0 Å². The van der Waals surface area contributed by atoms with Crippen LogP contribution in [0.5, 0.6) is 0 Å². The maximum absolute atomic E-state index is 8.91. The highest BCUT2D eigenvalue weighted by Gasteiger charge is 2.21. The predicted molar refractivity (Wildman–Crippen MR) is 66.7 cm³/mol. The number of aromatic nitrogens is 2. The van der Waals surface area contributed by atoms with Gasteiger partial charge in [-0.05, 0) is 33.1 Å². The second-order valence-electron chi connectivity index (χ2n) is 4.54. The minimum atomic E-state index is 0.0296. The molecule has 0 fully saturated rings. The molecule has 17 heavy (non-hydrogen) atoms. The summed E-state index contributed by atoms with van der Waals surface area (Å²) < 4.78 is 0. The number of hydrogen-bond acceptors (Lipinski definition) is 4. The molecule has 90 valence electrons. The van der Waals surface area contributed by atoms with Crippen LogP contribution in [0.15, 0.2) is 6.33 Å². The normalized spacial score (nSPS) is 15.1. The minimum Gasteiger partial charge on any atom is -0.355 e. The molecule has 0 aliphatic heterocycles. The number of rotatable bonds is 4. The number of aryl methyl sites for hydroxylation is 1. The minimum absolute atomic E-state index is 0.0296. The highest BCUT2D eigenvalue weighted by molar-refractivity contribution is 5.50. The van der Waals surface area contributed by atoms with Gasteiger partial charge in [-0.2, -0.15) is 5.26 Å². The van der Waals surface area contributed by atoms with Crippen LogP contribution in [0.1, 0.15) is 31.5 Å². The van der Waals surface area contributed by atoms with Gasteiger partial charge in [-0.1, -0.05) is 0 Å². The summed E-state index contributed by atoms with van der Waals surface area (Å²) in [6.07, 6.45) is 4.96. The van der Waals surface area contributed by atoms with Crippen molar-refractivity contribution in [2.45, 2.75) is 33.1 Å². The van der Waals surface area contributed by atoms with E-state index in [0.717, 1.165) is 31.7 Å². The van der Waals surface area contributed by atoms with Gasteiger partial charge in [0.15, 0.2) is 0 Å². The lowest BCUT2D eigenvalue weighted by Gasteiger charge is -2.24. The van der Waals surface area contributed by atoms with Crippen molar-refractivity contribution < 1.29 is 0 Å². The van der Waals surface area contributed by atoms with Crippen LogP contribution in [0.4, 0.5) is 5.82 Å². The van der Waals surface area contributed by atoms with Crippen molar-refractivity contribution in [2.24, 2.45) is 5.92 Å². The maximum atomic E-state index is 8.91. The topological polar surface area (TPSA) is 52.8 Å². The Balaban J connectivity index is 2.26. The Morgan fingerprint density at radius 1 is 1.47 bits per heavy atom. The van der Waals surface area contributed by atoms with E-state index in [4.69, 9.17) is 5.26 Å². The largest absolute Gasteiger partial charge is 0.355 e. The van der Waals surface area contributed by atoms with Gasteiger partial charge in [-0.25, -0.2) is 9.97 Å². The van der Waals surface area contributed by atoms with Gasteiger partial charge in [0.2, 0.25) is 0 Å². The van der Waals surface area contributed by atoms with Crippen molar-refractivity contribution in [3.05, 3.63) is 17.6 Å². The summed E-state index contributed by atoms with van der Waals surface area (Å²) in [6, 6.07) is 2.28. The Kier molecular flexibility index (Phi) is 3.58. The van der Waals surface area contributed by atoms with Crippen LogP contribution >= 0.6 is 0 Å². The van der Waals surface area contributed by atoms with Gasteiger partial charge < -0.3 is 4.90 Å². The summed E-state index contributed by atoms with van der Waals surface area (Å²) >= 11 is 0. The molecule has 1 aromatic rings. The molecule has 0 bridgehead atoms. The van der Waals surface area contributed by atoms with E-state index in [1.54, 1.807) is 6.33 Å². The fourth-order valence-corrected chi connectivity index (χ4v) is 2.35. The number of fused-ring (bicyclic) bond motifs is 1. The second-order valence-corrected chi connectivity index (χ2v) is 4.54. The van der Waals surface area contributed by atoms with Crippen molar-refractivity contribution in [3.63, 3.8) is 0 Å². The van der Waals surface area contributed by atoms with Crippen LogP contribution in [-0.2, 0) is 12.8 Å². The zero-order valence-electron chi connectivity index (χ0n) is 10.5. The standard InChI is InChI=1S/C13H18N4/c1-3-17(8-10(2)7-14)13-11-5-4-6-12(11)15-9-16-13/h9-10H,3-6,8H2,1-2H3. The molecule has 0 N–H and O–H groups in total. The van der Waals surface area contributed by atoms with Crippen molar-refractivity contribution in [1.82, 2.24) is 9.97 Å². The average Bonchev–Trinajstić information content (AvgIpc) is 2.83. The number of hydrogen-bond donors (Lipinski definition) is 0. The van der Waals surface area contributed by atoms with E-state index >= 15 is 0 Å². The first kappa shape index (κ1) is 11.8. The molecule has 0 saturated carbocycles. The molecule has 1 heterocycles. The lowest BCUT2D eigenvalue weighted by atomic mass is 10.1. The van der Waals surface area contributed by atoms with E-state index in [9.17, 15) is 0 Å². The number of anilines is 1. The summed E-state index contributed by atoms with van der Waals surface area (Å²) in [5, 5.41) is 8.91. The summed E-state index contributed by atoms with van der Waals surface area (Å²) in [5.41, 5.74) is 2.48. The smallest absolute Gasteiger partial charge is 0.135 e. The quantitative estimate of drug-likeness (QED) is 0.793. The van der Waals surface area contributed by atoms with Crippen molar-refractivity contribution in [3.8, 4) is 6.07 Å². The summed E-state index contributed by atoms with van der Waals surface area (Å²) in [4.78, 5) is 10.9. The molecule has 1 atom stereocenters. The summed E-state index contributed by atoms with van der Waals surface area (Å²) in [6.45, 7) is 5.68. The first-order valence-corrected chi connectivity index (χ1v) is 6.23. The van der Waals surface area contributed by atoms with Gasteiger partial charge in [0.25, 0.3) is 0 Å². The zero-order chi connectivity index (χ0) is 12.3. The van der Waals surface area contributed by atoms with E-state index in [1.165, 1.54) is 17.7 Å². The molecule has 0 amide bonds. The fraction of sp³-hybridized carbons (Fsp3) is 0.615. The first-order valence-electron chi connectivity index (χ1n) is 6.23. The van der Waals surface area contributed by atoms with Crippen molar-refractivity contribution >= 4 is 5.82 Å². The van der Waals surface area contributed by atoms with E-state index in [-0.39, 0.29) is 5.92 Å². The number of nitriles is 1. The van der Waals surface area contributed by atoms with Gasteiger partial charge in [0, 0.05) is 24.3 Å². The molecule has 4 heteroatoms. The molecule has 4 nitrogen and oxygen atoms in total. The number of nitrogens with zero attached hydrogens (tertiary/aromatic N) is 4. The van der Waals surface area contributed by atoms with Gasteiger partial charge in [-0.3, -0.25) is 0 Å². The molecule has 1 aliphatic carbocycles. The lowest BCUT2D eigenvalue weighted by molar-refractivity contribution is 0.675. The monoisotopic (exact) mass is 230 g/mol. The molecule has 0 saturated heterocycles.